The Labute approximate surface area is 170 Å². The molecule has 0 aliphatic carbocycles. The van der Waals surface area contributed by atoms with Gasteiger partial charge in [-0.3, -0.25) is 9.59 Å². The molecule has 2 N–H and O–H groups in total. The standard InChI is InChI=1S/C22H25N3O4/c1-3-29-20(26)14-16-6-8-17(9-7-16)23-22(28)24-19-12-13-25(21(19)27)18-10-4-15(2)5-11-18/h4-11,19H,3,12-14H2,1-2H3,(H2,23,24,28)/t19-/m1/s1. The van der Waals surface area contributed by atoms with Crippen molar-refractivity contribution in [1.82, 2.24) is 5.32 Å². The summed E-state index contributed by atoms with van der Waals surface area (Å²) in [5.74, 6) is -0.405. The molecule has 2 aromatic carbocycles. The van der Waals surface area contributed by atoms with Gasteiger partial charge in [-0.2, -0.15) is 0 Å². The molecule has 3 rings (SSSR count). The number of carbonyl (C=O) groups is 3. The molecule has 1 saturated heterocycles. The van der Waals surface area contributed by atoms with Crippen molar-refractivity contribution in [3.05, 3.63) is 59.7 Å². The van der Waals surface area contributed by atoms with Gasteiger partial charge in [0, 0.05) is 17.9 Å². The van der Waals surface area contributed by atoms with Crippen LogP contribution in [-0.2, 0) is 20.7 Å². The first-order chi connectivity index (χ1) is 14.0. The summed E-state index contributed by atoms with van der Waals surface area (Å²) in [5, 5.41) is 5.46. The third-order valence-corrected chi connectivity index (χ3v) is 4.72. The van der Waals surface area contributed by atoms with E-state index in [2.05, 4.69) is 10.6 Å². The van der Waals surface area contributed by atoms with Crippen LogP contribution in [0.5, 0.6) is 0 Å². The minimum absolute atomic E-state index is 0.117. The maximum absolute atomic E-state index is 12.6. The molecule has 0 aromatic heterocycles. The lowest BCUT2D eigenvalue weighted by Crippen LogP contribution is -2.43. The smallest absolute Gasteiger partial charge is 0.319 e. The number of rotatable bonds is 6. The number of hydrogen-bond donors (Lipinski definition) is 2. The molecular formula is C22H25N3O4. The monoisotopic (exact) mass is 395 g/mol. The van der Waals surface area contributed by atoms with E-state index >= 15 is 0 Å². The van der Waals surface area contributed by atoms with Crippen LogP contribution in [0.4, 0.5) is 16.2 Å². The van der Waals surface area contributed by atoms with E-state index in [9.17, 15) is 14.4 Å². The predicted molar refractivity (Wildman–Crippen MR) is 111 cm³/mol. The first-order valence-corrected chi connectivity index (χ1v) is 9.66. The molecule has 1 heterocycles. The molecule has 3 amide bonds. The van der Waals surface area contributed by atoms with Crippen molar-refractivity contribution < 1.29 is 19.1 Å². The summed E-state index contributed by atoms with van der Waals surface area (Å²) in [4.78, 5) is 38.1. The van der Waals surface area contributed by atoms with E-state index in [4.69, 9.17) is 4.74 Å². The van der Waals surface area contributed by atoms with Crippen LogP contribution in [0.15, 0.2) is 48.5 Å². The molecule has 0 bridgehead atoms. The second kappa shape index (κ2) is 9.23. The summed E-state index contributed by atoms with van der Waals surface area (Å²) in [6.45, 7) is 4.67. The van der Waals surface area contributed by atoms with Gasteiger partial charge in [0.25, 0.3) is 0 Å². The molecule has 1 fully saturated rings. The Morgan fingerprint density at radius 2 is 1.79 bits per heavy atom. The zero-order chi connectivity index (χ0) is 20.8. The van der Waals surface area contributed by atoms with E-state index in [-0.39, 0.29) is 18.3 Å². The molecule has 0 saturated carbocycles. The number of nitrogens with one attached hydrogen (secondary N) is 2. The zero-order valence-electron chi connectivity index (χ0n) is 16.6. The van der Waals surface area contributed by atoms with Crippen LogP contribution >= 0.6 is 0 Å². The number of anilines is 2. The molecule has 0 radical (unpaired) electrons. The van der Waals surface area contributed by atoms with Crippen molar-refractivity contribution in [2.45, 2.75) is 32.7 Å². The van der Waals surface area contributed by atoms with Crippen molar-refractivity contribution in [2.24, 2.45) is 0 Å². The number of hydrogen-bond acceptors (Lipinski definition) is 4. The summed E-state index contributed by atoms with van der Waals surface area (Å²) in [6, 6.07) is 13.7. The summed E-state index contributed by atoms with van der Waals surface area (Å²) in [7, 11) is 0. The lowest BCUT2D eigenvalue weighted by molar-refractivity contribution is -0.142. The van der Waals surface area contributed by atoms with E-state index in [1.165, 1.54) is 0 Å². The molecule has 2 aromatic rings. The van der Waals surface area contributed by atoms with Crippen molar-refractivity contribution in [3.63, 3.8) is 0 Å². The molecule has 1 aliphatic heterocycles. The highest BCUT2D eigenvalue weighted by Crippen LogP contribution is 2.22. The average Bonchev–Trinajstić information content (AvgIpc) is 3.04. The van der Waals surface area contributed by atoms with Crippen LogP contribution in [0, 0.1) is 6.92 Å². The molecule has 1 atom stereocenters. The highest BCUT2D eigenvalue weighted by molar-refractivity contribution is 6.02. The van der Waals surface area contributed by atoms with Crippen LogP contribution in [0.1, 0.15) is 24.5 Å². The molecule has 0 spiro atoms. The number of nitrogens with zero attached hydrogens (tertiary/aromatic N) is 1. The second-order valence-electron chi connectivity index (χ2n) is 6.94. The maximum Gasteiger partial charge on any atom is 0.319 e. The van der Waals surface area contributed by atoms with Gasteiger partial charge in [0.1, 0.15) is 6.04 Å². The minimum atomic E-state index is -0.556. The Bertz CT molecular complexity index is 878. The van der Waals surface area contributed by atoms with Crippen molar-refractivity contribution in [1.29, 1.82) is 0 Å². The SMILES string of the molecule is CCOC(=O)Cc1ccc(NC(=O)N[C@@H]2CCN(c3ccc(C)cc3)C2=O)cc1. The van der Waals surface area contributed by atoms with Crippen LogP contribution in [-0.4, -0.2) is 37.1 Å². The number of ether oxygens (including phenoxy) is 1. The van der Waals surface area contributed by atoms with Gasteiger partial charge in [0.15, 0.2) is 0 Å². The Morgan fingerprint density at radius 1 is 1.10 bits per heavy atom. The van der Waals surface area contributed by atoms with Gasteiger partial charge in [0.05, 0.1) is 13.0 Å². The molecule has 7 heteroatoms. The van der Waals surface area contributed by atoms with Crippen LogP contribution in [0.2, 0.25) is 0 Å². The van der Waals surface area contributed by atoms with Crippen LogP contribution < -0.4 is 15.5 Å². The van der Waals surface area contributed by atoms with Gasteiger partial charge in [-0.05, 0) is 50.1 Å². The topological polar surface area (TPSA) is 87.7 Å². The highest BCUT2D eigenvalue weighted by atomic mass is 16.5. The fourth-order valence-electron chi connectivity index (χ4n) is 3.20. The Hall–Kier alpha value is -3.35. The maximum atomic E-state index is 12.6. The van der Waals surface area contributed by atoms with Crippen LogP contribution in [0.25, 0.3) is 0 Å². The Kier molecular flexibility index (Phi) is 6.49. The van der Waals surface area contributed by atoms with Crippen LogP contribution in [0.3, 0.4) is 0 Å². The van der Waals surface area contributed by atoms with E-state index in [0.29, 0.717) is 25.3 Å². The van der Waals surface area contributed by atoms with Gasteiger partial charge < -0.3 is 20.3 Å². The Morgan fingerprint density at radius 3 is 2.45 bits per heavy atom. The van der Waals surface area contributed by atoms with Crippen molar-refractivity contribution in [3.8, 4) is 0 Å². The zero-order valence-corrected chi connectivity index (χ0v) is 16.6. The molecule has 1 aliphatic rings. The van der Waals surface area contributed by atoms with E-state index < -0.39 is 12.1 Å². The summed E-state index contributed by atoms with van der Waals surface area (Å²) < 4.78 is 4.92. The summed E-state index contributed by atoms with van der Waals surface area (Å²) >= 11 is 0. The fraction of sp³-hybridized carbons (Fsp3) is 0.318. The molecule has 152 valence electrons. The molecule has 29 heavy (non-hydrogen) atoms. The van der Waals surface area contributed by atoms with Gasteiger partial charge in [0.2, 0.25) is 5.91 Å². The largest absolute Gasteiger partial charge is 0.466 e. The van der Waals surface area contributed by atoms with Gasteiger partial charge in [-0.15, -0.1) is 0 Å². The quantitative estimate of drug-likeness (QED) is 0.736. The minimum Gasteiger partial charge on any atom is -0.466 e. The number of aryl methyl sites for hydroxylation is 1. The first kappa shape index (κ1) is 20.4. The third-order valence-electron chi connectivity index (χ3n) is 4.72. The lowest BCUT2D eigenvalue weighted by Gasteiger charge is -2.17. The number of carbonyl (C=O) groups excluding carboxylic acids is 3. The van der Waals surface area contributed by atoms with Gasteiger partial charge in [-0.1, -0.05) is 29.8 Å². The fourth-order valence-corrected chi connectivity index (χ4v) is 3.20. The average molecular weight is 395 g/mol. The predicted octanol–water partition coefficient (Wildman–Crippen LogP) is 3.03. The third kappa shape index (κ3) is 5.34. The summed E-state index contributed by atoms with van der Waals surface area (Å²) in [6.07, 6.45) is 0.740. The summed E-state index contributed by atoms with van der Waals surface area (Å²) in [5.41, 5.74) is 3.34. The number of esters is 1. The van der Waals surface area contributed by atoms with Gasteiger partial charge >= 0.3 is 12.0 Å². The van der Waals surface area contributed by atoms with Crippen molar-refractivity contribution >= 4 is 29.3 Å². The van der Waals surface area contributed by atoms with E-state index in [0.717, 1.165) is 16.8 Å². The lowest BCUT2D eigenvalue weighted by atomic mass is 10.1. The number of urea groups is 1. The Balaban J connectivity index is 1.52. The second-order valence-corrected chi connectivity index (χ2v) is 6.94. The van der Waals surface area contributed by atoms with E-state index in [1.54, 1.807) is 36.1 Å². The highest BCUT2D eigenvalue weighted by Gasteiger charge is 2.33. The number of benzene rings is 2. The van der Waals surface area contributed by atoms with Crippen molar-refractivity contribution in [2.75, 3.05) is 23.4 Å². The molecular weight excluding hydrogens is 370 g/mol. The first-order valence-electron chi connectivity index (χ1n) is 9.66. The van der Waals surface area contributed by atoms with Gasteiger partial charge in [-0.25, -0.2) is 4.79 Å². The number of amides is 3. The molecule has 0 unspecified atom stereocenters. The normalized spacial score (nSPS) is 15.9. The molecule has 7 nitrogen and oxygen atoms in total. The van der Waals surface area contributed by atoms with E-state index in [1.807, 2.05) is 31.2 Å².